The van der Waals surface area contributed by atoms with Crippen LogP contribution < -0.4 is 10.6 Å². The average molecular weight is 426 g/mol. The number of carbonyl (C=O) groups is 2. The van der Waals surface area contributed by atoms with Crippen molar-refractivity contribution in [3.05, 3.63) is 35.6 Å². The van der Waals surface area contributed by atoms with E-state index in [4.69, 9.17) is 4.42 Å². The molecule has 168 valence electrons. The minimum atomic E-state index is -0.201. The average Bonchev–Trinajstić information content (AvgIpc) is 3.18. The molecule has 3 atom stereocenters. The van der Waals surface area contributed by atoms with Crippen LogP contribution in [0.25, 0.3) is 11.0 Å². The summed E-state index contributed by atoms with van der Waals surface area (Å²) in [5.41, 5.74) is 1.25. The van der Waals surface area contributed by atoms with Crippen molar-refractivity contribution in [3.8, 4) is 0 Å². The van der Waals surface area contributed by atoms with Gasteiger partial charge in [-0.3, -0.25) is 14.5 Å². The monoisotopic (exact) mass is 425 g/mol. The fraction of sp³-hybridized carbons (Fsp3) is 0.600. The van der Waals surface area contributed by atoms with Crippen molar-refractivity contribution in [2.75, 3.05) is 13.1 Å². The maximum absolute atomic E-state index is 13.0. The van der Waals surface area contributed by atoms with E-state index in [1.54, 1.807) is 0 Å². The fourth-order valence-corrected chi connectivity index (χ4v) is 5.35. The number of hydrogen-bond donors (Lipinski definition) is 2. The summed E-state index contributed by atoms with van der Waals surface area (Å²) < 4.78 is 5.89. The summed E-state index contributed by atoms with van der Waals surface area (Å²) in [7, 11) is 0. The van der Waals surface area contributed by atoms with Gasteiger partial charge >= 0.3 is 0 Å². The van der Waals surface area contributed by atoms with Crippen molar-refractivity contribution in [3.63, 3.8) is 0 Å². The number of piperidine rings is 1. The van der Waals surface area contributed by atoms with Crippen molar-refractivity contribution < 1.29 is 14.0 Å². The zero-order valence-electron chi connectivity index (χ0n) is 19.2. The molecule has 31 heavy (non-hydrogen) atoms. The minimum absolute atomic E-state index is 0.0406. The Morgan fingerprint density at radius 1 is 1.13 bits per heavy atom. The second-order valence-corrected chi connectivity index (χ2v) is 10.2. The van der Waals surface area contributed by atoms with E-state index >= 15 is 0 Å². The number of nitrogens with zero attached hydrogens (tertiary/aromatic N) is 1. The summed E-state index contributed by atoms with van der Waals surface area (Å²) in [6, 6.07) is 8.61. The third-order valence-corrected chi connectivity index (χ3v) is 6.59. The second kappa shape index (κ2) is 8.65. The first-order valence-electron chi connectivity index (χ1n) is 11.6. The highest BCUT2D eigenvalue weighted by Gasteiger charge is 2.41. The zero-order chi connectivity index (χ0) is 22.2. The van der Waals surface area contributed by atoms with Gasteiger partial charge < -0.3 is 15.1 Å². The second-order valence-electron chi connectivity index (χ2n) is 10.2. The molecule has 0 aliphatic carbocycles. The molecule has 2 aromatic rings. The fourth-order valence-electron chi connectivity index (χ4n) is 5.35. The molecule has 2 N–H and O–H groups in total. The first-order chi connectivity index (χ1) is 14.7. The van der Waals surface area contributed by atoms with Crippen LogP contribution in [0, 0.1) is 5.92 Å². The van der Waals surface area contributed by atoms with Gasteiger partial charge in [0.2, 0.25) is 5.91 Å². The normalized spacial score (nSPS) is 23.8. The van der Waals surface area contributed by atoms with E-state index in [0.29, 0.717) is 43.1 Å². The summed E-state index contributed by atoms with van der Waals surface area (Å²) in [6.07, 6.45) is 5.05. The molecule has 6 heteroatoms. The molecule has 0 radical (unpaired) electrons. The topological polar surface area (TPSA) is 74.6 Å². The molecular weight excluding hydrogens is 390 g/mol. The molecule has 1 unspecified atom stereocenters. The number of furan rings is 1. The molecule has 4 rings (SSSR count). The number of benzene rings is 1. The van der Waals surface area contributed by atoms with Gasteiger partial charge in [-0.1, -0.05) is 25.1 Å². The third-order valence-electron chi connectivity index (χ3n) is 6.59. The Morgan fingerprint density at radius 3 is 2.45 bits per heavy atom. The van der Waals surface area contributed by atoms with Crippen molar-refractivity contribution in [2.45, 2.75) is 77.4 Å². The minimum Gasteiger partial charge on any atom is -0.460 e. The largest absolute Gasteiger partial charge is 0.460 e. The molecule has 1 aromatic heterocycles. The van der Waals surface area contributed by atoms with Crippen LogP contribution in [0.3, 0.4) is 0 Å². The van der Waals surface area contributed by atoms with E-state index in [-0.39, 0.29) is 17.4 Å². The molecule has 6 nitrogen and oxygen atoms in total. The van der Waals surface area contributed by atoms with Crippen LogP contribution in [0.1, 0.15) is 69.5 Å². The van der Waals surface area contributed by atoms with Crippen LogP contribution in [0.2, 0.25) is 0 Å². The number of hydrogen-bond acceptors (Lipinski definition) is 4. The van der Waals surface area contributed by atoms with Crippen molar-refractivity contribution >= 4 is 22.8 Å². The van der Waals surface area contributed by atoms with Crippen molar-refractivity contribution in [1.29, 1.82) is 0 Å². The van der Waals surface area contributed by atoms with Gasteiger partial charge in [-0.2, -0.15) is 0 Å². The van der Waals surface area contributed by atoms with E-state index in [1.807, 2.05) is 52.0 Å². The molecule has 2 aliphatic heterocycles. The number of aryl methyl sites for hydroxylation is 1. The van der Waals surface area contributed by atoms with Gasteiger partial charge in [0.15, 0.2) is 0 Å². The lowest BCUT2D eigenvalue weighted by Crippen LogP contribution is -2.52. The van der Waals surface area contributed by atoms with E-state index in [1.165, 1.54) is 0 Å². The van der Waals surface area contributed by atoms with Gasteiger partial charge in [-0.05, 0) is 58.4 Å². The van der Waals surface area contributed by atoms with Crippen LogP contribution in [-0.2, 0) is 11.2 Å². The first-order valence-corrected chi connectivity index (χ1v) is 11.6. The zero-order valence-corrected chi connectivity index (χ0v) is 19.2. The molecule has 2 aliphatic rings. The molecule has 2 amide bonds. The number of amides is 2. The SMILES string of the molecule is CCc1oc2ccccc2c1C(=O)NCC1C[C@H]2CC[C@@H](C1)N2CC(=O)NC(C)(C)C. The molecule has 3 heterocycles. The Hall–Kier alpha value is -2.34. The summed E-state index contributed by atoms with van der Waals surface area (Å²) in [5, 5.41) is 7.15. The summed E-state index contributed by atoms with van der Waals surface area (Å²) in [5.74, 6) is 1.27. The van der Waals surface area contributed by atoms with Crippen LogP contribution in [0.5, 0.6) is 0 Å². The van der Waals surface area contributed by atoms with Crippen LogP contribution in [-0.4, -0.2) is 47.4 Å². The van der Waals surface area contributed by atoms with Gasteiger partial charge in [-0.25, -0.2) is 0 Å². The van der Waals surface area contributed by atoms with Gasteiger partial charge in [0.05, 0.1) is 12.1 Å². The Labute approximate surface area is 184 Å². The first kappa shape index (κ1) is 21.9. The third kappa shape index (κ3) is 4.79. The summed E-state index contributed by atoms with van der Waals surface area (Å²) in [6.45, 7) is 9.21. The number of rotatable bonds is 6. The highest BCUT2D eigenvalue weighted by molar-refractivity contribution is 6.07. The van der Waals surface area contributed by atoms with Crippen LogP contribution in [0.15, 0.2) is 28.7 Å². The quantitative estimate of drug-likeness (QED) is 0.737. The lowest BCUT2D eigenvalue weighted by atomic mass is 9.90. The maximum Gasteiger partial charge on any atom is 0.255 e. The summed E-state index contributed by atoms with van der Waals surface area (Å²) in [4.78, 5) is 27.8. The van der Waals surface area contributed by atoms with Gasteiger partial charge in [-0.15, -0.1) is 0 Å². The Bertz CT molecular complexity index is 945. The molecule has 2 bridgehead atoms. The van der Waals surface area contributed by atoms with E-state index in [9.17, 15) is 9.59 Å². The molecule has 0 spiro atoms. The standard InChI is InChI=1S/C25H35N3O3/c1-5-20-23(19-8-6-7-9-21(19)31-20)24(30)26-14-16-12-17-10-11-18(13-16)28(17)15-22(29)27-25(2,3)4/h6-9,16-18H,5,10-15H2,1-4H3,(H,26,30)(H,27,29)/t16?,17-,18+. The van der Waals surface area contributed by atoms with Crippen LogP contribution >= 0.6 is 0 Å². The number of para-hydroxylation sites is 1. The highest BCUT2D eigenvalue weighted by Crippen LogP contribution is 2.38. The molecule has 2 saturated heterocycles. The number of nitrogens with one attached hydrogen (secondary N) is 2. The molecule has 2 fully saturated rings. The van der Waals surface area contributed by atoms with Gasteiger partial charge in [0.25, 0.3) is 5.91 Å². The number of fused-ring (bicyclic) bond motifs is 3. The Morgan fingerprint density at radius 2 is 1.81 bits per heavy atom. The smallest absolute Gasteiger partial charge is 0.255 e. The lowest BCUT2D eigenvalue weighted by molar-refractivity contribution is -0.125. The van der Waals surface area contributed by atoms with Crippen LogP contribution in [0.4, 0.5) is 0 Å². The Balaban J connectivity index is 1.35. The van der Waals surface area contributed by atoms with E-state index in [0.717, 1.165) is 42.4 Å². The maximum atomic E-state index is 13.0. The molecule has 0 saturated carbocycles. The van der Waals surface area contributed by atoms with Crippen molar-refractivity contribution in [2.24, 2.45) is 5.92 Å². The number of carbonyl (C=O) groups excluding carboxylic acids is 2. The predicted molar refractivity (Wildman–Crippen MR) is 122 cm³/mol. The lowest BCUT2D eigenvalue weighted by Gasteiger charge is -2.39. The van der Waals surface area contributed by atoms with E-state index in [2.05, 4.69) is 15.5 Å². The Kier molecular flexibility index (Phi) is 6.11. The summed E-state index contributed by atoms with van der Waals surface area (Å²) >= 11 is 0. The van der Waals surface area contributed by atoms with Gasteiger partial charge in [0, 0.05) is 36.0 Å². The van der Waals surface area contributed by atoms with E-state index < -0.39 is 0 Å². The molecule has 1 aromatic carbocycles. The van der Waals surface area contributed by atoms with Crippen molar-refractivity contribution in [1.82, 2.24) is 15.5 Å². The predicted octanol–water partition coefficient (Wildman–Crippen LogP) is 3.88. The highest BCUT2D eigenvalue weighted by atomic mass is 16.3. The molecular formula is C25H35N3O3. The van der Waals surface area contributed by atoms with Gasteiger partial charge in [0.1, 0.15) is 11.3 Å².